The summed E-state index contributed by atoms with van der Waals surface area (Å²) in [5, 5.41) is 3.08. The number of hydrogen-bond donors (Lipinski definition) is 1. The molecule has 4 nitrogen and oxygen atoms in total. The molecule has 1 amide bonds. The Morgan fingerprint density at radius 1 is 1.35 bits per heavy atom. The van der Waals surface area contributed by atoms with Crippen LogP contribution in [0.4, 0.5) is 9.39 Å². The quantitative estimate of drug-likeness (QED) is 0.765. The molecule has 1 aromatic carbocycles. The van der Waals surface area contributed by atoms with Crippen molar-refractivity contribution >= 4 is 44.1 Å². The molecule has 0 bridgehead atoms. The Morgan fingerprint density at radius 3 is 2.65 bits per heavy atom. The molecule has 1 N–H and O–H groups in total. The molecular formula is C16H15BrFNO3S. The van der Waals surface area contributed by atoms with Crippen molar-refractivity contribution in [2.75, 3.05) is 5.32 Å². The van der Waals surface area contributed by atoms with E-state index in [2.05, 4.69) is 21.2 Å². The van der Waals surface area contributed by atoms with E-state index in [9.17, 15) is 14.0 Å². The van der Waals surface area contributed by atoms with Gasteiger partial charge in [0.2, 0.25) is 5.91 Å². The van der Waals surface area contributed by atoms with Crippen LogP contribution in [0.25, 0.3) is 0 Å². The Morgan fingerprint density at radius 2 is 2.04 bits per heavy atom. The summed E-state index contributed by atoms with van der Waals surface area (Å²) in [5.74, 6) is -1.30. The predicted octanol–water partition coefficient (Wildman–Crippen LogP) is 4.58. The third-order valence-corrected chi connectivity index (χ3v) is 4.87. The van der Waals surface area contributed by atoms with E-state index in [-0.39, 0.29) is 18.1 Å². The molecule has 0 spiro atoms. The Hall–Kier alpha value is -1.73. The van der Waals surface area contributed by atoms with Gasteiger partial charge in [0, 0.05) is 21.8 Å². The number of benzene rings is 1. The number of nitrogens with one attached hydrogen (secondary N) is 1. The Kier molecular flexibility index (Phi) is 5.54. The molecule has 0 aliphatic carbocycles. The monoisotopic (exact) mass is 399 g/mol. The number of hydrogen-bond acceptors (Lipinski definition) is 4. The van der Waals surface area contributed by atoms with Crippen molar-refractivity contribution in [3.8, 4) is 0 Å². The molecule has 2 rings (SSSR count). The van der Waals surface area contributed by atoms with Crippen LogP contribution in [-0.4, -0.2) is 11.9 Å². The second kappa shape index (κ2) is 7.23. The molecule has 0 atom stereocenters. The number of carbonyl (C=O) groups excluding carboxylic acids is 2. The van der Waals surface area contributed by atoms with Gasteiger partial charge < -0.3 is 10.1 Å². The van der Waals surface area contributed by atoms with Gasteiger partial charge >= 0.3 is 5.97 Å². The van der Waals surface area contributed by atoms with Crippen LogP contribution in [0.1, 0.15) is 33.3 Å². The maximum absolute atomic E-state index is 13.8. The number of anilines is 1. The molecule has 2 aromatic rings. The second-order valence-corrected chi connectivity index (χ2v) is 7.12. The van der Waals surface area contributed by atoms with Crippen molar-refractivity contribution < 1.29 is 18.7 Å². The SMILES string of the molecule is CC(=O)Nc1sc(C)c(C)c1C(=O)OCc1ccc(Br)cc1F. The molecule has 0 unspecified atom stereocenters. The molecule has 1 heterocycles. The zero-order valence-corrected chi connectivity index (χ0v) is 15.2. The van der Waals surface area contributed by atoms with Gasteiger partial charge in [-0.2, -0.15) is 0 Å². The lowest BCUT2D eigenvalue weighted by Gasteiger charge is -2.08. The van der Waals surface area contributed by atoms with Crippen molar-refractivity contribution in [1.29, 1.82) is 0 Å². The minimum Gasteiger partial charge on any atom is -0.457 e. The highest BCUT2D eigenvalue weighted by molar-refractivity contribution is 9.10. The Balaban J connectivity index is 2.19. The molecule has 122 valence electrons. The van der Waals surface area contributed by atoms with Crippen LogP contribution in [0.15, 0.2) is 22.7 Å². The first kappa shape index (κ1) is 17.6. The number of thiophene rings is 1. The van der Waals surface area contributed by atoms with E-state index in [0.29, 0.717) is 15.0 Å². The highest BCUT2D eigenvalue weighted by Crippen LogP contribution is 2.33. The lowest BCUT2D eigenvalue weighted by Crippen LogP contribution is -2.12. The van der Waals surface area contributed by atoms with Crippen molar-refractivity contribution in [3.63, 3.8) is 0 Å². The molecule has 7 heteroatoms. The molecule has 0 aliphatic rings. The molecule has 23 heavy (non-hydrogen) atoms. The number of rotatable bonds is 4. The van der Waals surface area contributed by atoms with E-state index < -0.39 is 11.8 Å². The first-order valence-corrected chi connectivity index (χ1v) is 8.39. The van der Waals surface area contributed by atoms with E-state index in [0.717, 1.165) is 10.4 Å². The summed E-state index contributed by atoms with van der Waals surface area (Å²) in [5.41, 5.74) is 1.35. The summed E-state index contributed by atoms with van der Waals surface area (Å²) in [6.07, 6.45) is 0. The highest BCUT2D eigenvalue weighted by atomic mass is 79.9. The average molecular weight is 400 g/mol. The van der Waals surface area contributed by atoms with E-state index in [4.69, 9.17) is 4.74 Å². The van der Waals surface area contributed by atoms with E-state index in [1.54, 1.807) is 19.1 Å². The third kappa shape index (κ3) is 4.17. The summed E-state index contributed by atoms with van der Waals surface area (Å²) in [7, 11) is 0. The second-order valence-electron chi connectivity index (χ2n) is 4.98. The zero-order valence-electron chi connectivity index (χ0n) is 12.8. The molecule has 1 aromatic heterocycles. The number of aryl methyl sites for hydroxylation is 1. The molecule has 0 aliphatic heterocycles. The summed E-state index contributed by atoms with van der Waals surface area (Å²) >= 11 is 4.48. The van der Waals surface area contributed by atoms with Crippen molar-refractivity contribution in [3.05, 3.63) is 50.1 Å². The van der Waals surface area contributed by atoms with Crippen molar-refractivity contribution in [1.82, 2.24) is 0 Å². The topological polar surface area (TPSA) is 55.4 Å². The van der Waals surface area contributed by atoms with Crippen LogP contribution in [0, 0.1) is 19.7 Å². The number of carbonyl (C=O) groups is 2. The summed E-state index contributed by atoms with van der Waals surface area (Å²) < 4.78 is 19.6. The lowest BCUT2D eigenvalue weighted by atomic mass is 10.1. The van der Waals surface area contributed by atoms with Gasteiger partial charge in [-0.15, -0.1) is 11.3 Å². The minimum absolute atomic E-state index is 0.175. The summed E-state index contributed by atoms with van der Waals surface area (Å²) in [6.45, 7) is 4.84. The first-order valence-electron chi connectivity index (χ1n) is 6.78. The maximum atomic E-state index is 13.8. The standard InChI is InChI=1S/C16H15BrFNO3S/c1-8-9(2)23-15(19-10(3)20)14(8)16(21)22-7-11-4-5-12(17)6-13(11)18/h4-6H,7H2,1-3H3,(H,19,20). The van der Waals surface area contributed by atoms with Crippen LogP contribution >= 0.6 is 27.3 Å². The van der Waals surface area contributed by atoms with Gasteiger partial charge in [-0.3, -0.25) is 4.79 Å². The molecule has 0 radical (unpaired) electrons. The van der Waals surface area contributed by atoms with Crippen LogP contribution in [-0.2, 0) is 16.1 Å². The minimum atomic E-state index is -0.585. The molecule has 0 saturated heterocycles. The fourth-order valence-corrected chi connectivity index (χ4v) is 3.40. The number of esters is 1. The van der Waals surface area contributed by atoms with Gasteiger partial charge in [-0.25, -0.2) is 9.18 Å². The first-order chi connectivity index (χ1) is 10.8. The predicted molar refractivity (Wildman–Crippen MR) is 91.3 cm³/mol. The zero-order chi connectivity index (χ0) is 17.1. The van der Waals surface area contributed by atoms with Crippen molar-refractivity contribution in [2.45, 2.75) is 27.4 Å². The van der Waals surface area contributed by atoms with Crippen molar-refractivity contribution in [2.24, 2.45) is 0 Å². The van der Waals surface area contributed by atoms with Gasteiger partial charge in [-0.1, -0.05) is 22.0 Å². The largest absolute Gasteiger partial charge is 0.457 e. The summed E-state index contributed by atoms with van der Waals surface area (Å²) in [6, 6.07) is 4.54. The van der Waals surface area contributed by atoms with Gasteiger partial charge in [0.05, 0.1) is 5.56 Å². The lowest BCUT2D eigenvalue weighted by molar-refractivity contribution is -0.114. The van der Waals surface area contributed by atoms with Gasteiger partial charge in [0.1, 0.15) is 17.4 Å². The average Bonchev–Trinajstić information content (AvgIpc) is 2.71. The smallest absolute Gasteiger partial charge is 0.341 e. The maximum Gasteiger partial charge on any atom is 0.341 e. The van der Waals surface area contributed by atoms with E-state index in [1.165, 1.54) is 24.3 Å². The number of amides is 1. The van der Waals surface area contributed by atoms with E-state index in [1.807, 2.05) is 6.92 Å². The Bertz CT molecular complexity index is 773. The fourth-order valence-electron chi connectivity index (χ4n) is 1.97. The highest BCUT2D eigenvalue weighted by Gasteiger charge is 2.22. The van der Waals surface area contributed by atoms with Gasteiger partial charge in [0.25, 0.3) is 0 Å². The normalized spacial score (nSPS) is 10.5. The number of halogens is 2. The third-order valence-electron chi connectivity index (χ3n) is 3.25. The Labute approximate surface area is 145 Å². The number of ether oxygens (including phenoxy) is 1. The molecular weight excluding hydrogens is 385 g/mol. The summed E-state index contributed by atoms with van der Waals surface area (Å²) in [4.78, 5) is 24.5. The van der Waals surface area contributed by atoms with Crippen LogP contribution in [0.2, 0.25) is 0 Å². The van der Waals surface area contributed by atoms with E-state index >= 15 is 0 Å². The molecule has 0 fully saturated rings. The van der Waals surface area contributed by atoms with Crippen LogP contribution in [0.3, 0.4) is 0 Å². The van der Waals surface area contributed by atoms with Crippen LogP contribution in [0.5, 0.6) is 0 Å². The van der Waals surface area contributed by atoms with Gasteiger partial charge in [-0.05, 0) is 31.5 Å². The molecule has 0 saturated carbocycles. The van der Waals surface area contributed by atoms with Crippen LogP contribution < -0.4 is 5.32 Å². The fraction of sp³-hybridized carbons (Fsp3) is 0.250. The van der Waals surface area contributed by atoms with Gasteiger partial charge in [0.15, 0.2) is 0 Å².